The number of para-hydroxylation sites is 1. The van der Waals surface area contributed by atoms with Gasteiger partial charge >= 0.3 is 0 Å². The van der Waals surface area contributed by atoms with Gasteiger partial charge in [-0.05, 0) is 12.1 Å². The molecule has 21 heavy (non-hydrogen) atoms. The van der Waals surface area contributed by atoms with Crippen molar-refractivity contribution in [2.45, 2.75) is 6.54 Å². The maximum atomic E-state index is 12.4. The van der Waals surface area contributed by atoms with Gasteiger partial charge in [-0.15, -0.1) is 0 Å². The number of rotatable bonds is 3. The number of amides is 1. The molecule has 2 aromatic rings. The molecule has 6 nitrogen and oxygen atoms in total. The lowest BCUT2D eigenvalue weighted by Gasteiger charge is -2.26. The molecule has 1 amide bonds. The molecule has 1 aliphatic rings. The first-order valence-corrected chi connectivity index (χ1v) is 6.81. The van der Waals surface area contributed by atoms with Crippen LogP contribution in [0.15, 0.2) is 33.5 Å². The molecule has 6 heteroatoms. The summed E-state index contributed by atoms with van der Waals surface area (Å²) in [5.41, 5.74) is 5.41. The fourth-order valence-electron chi connectivity index (χ4n) is 2.51. The lowest BCUT2D eigenvalue weighted by atomic mass is 10.1. The Bertz CT molecular complexity index is 732. The van der Waals surface area contributed by atoms with Gasteiger partial charge in [-0.2, -0.15) is 0 Å². The number of primary amides is 1. The van der Waals surface area contributed by atoms with Crippen LogP contribution in [-0.4, -0.2) is 37.1 Å². The van der Waals surface area contributed by atoms with Crippen molar-refractivity contribution < 1.29 is 13.9 Å². The van der Waals surface area contributed by atoms with E-state index < -0.39 is 5.91 Å². The van der Waals surface area contributed by atoms with Crippen LogP contribution in [0.25, 0.3) is 11.0 Å². The molecule has 2 N–H and O–H groups in total. The number of ether oxygens (including phenoxy) is 1. The van der Waals surface area contributed by atoms with Crippen LogP contribution in [0.1, 0.15) is 16.1 Å². The fourth-order valence-corrected chi connectivity index (χ4v) is 2.51. The van der Waals surface area contributed by atoms with Crippen molar-refractivity contribution >= 4 is 16.9 Å². The Morgan fingerprint density at radius 3 is 2.67 bits per heavy atom. The molecule has 0 spiro atoms. The Morgan fingerprint density at radius 1 is 1.24 bits per heavy atom. The molecule has 0 unspecified atom stereocenters. The molecule has 110 valence electrons. The Morgan fingerprint density at radius 2 is 1.95 bits per heavy atom. The quantitative estimate of drug-likeness (QED) is 0.899. The van der Waals surface area contributed by atoms with Crippen LogP contribution < -0.4 is 11.2 Å². The molecule has 1 fully saturated rings. The summed E-state index contributed by atoms with van der Waals surface area (Å²) in [5, 5.41) is 0.372. The van der Waals surface area contributed by atoms with Crippen molar-refractivity contribution in [3.05, 3.63) is 45.8 Å². The lowest BCUT2D eigenvalue weighted by Crippen LogP contribution is -2.37. The second-order valence-electron chi connectivity index (χ2n) is 4.98. The van der Waals surface area contributed by atoms with Gasteiger partial charge in [0, 0.05) is 13.1 Å². The van der Waals surface area contributed by atoms with E-state index in [2.05, 4.69) is 4.90 Å². The SMILES string of the molecule is NC(=O)c1c(CN2CCOCC2)oc2ccccc2c1=O. The van der Waals surface area contributed by atoms with Crippen molar-refractivity contribution in [2.24, 2.45) is 5.73 Å². The van der Waals surface area contributed by atoms with E-state index in [0.29, 0.717) is 36.5 Å². The molecule has 1 saturated heterocycles. The summed E-state index contributed by atoms with van der Waals surface area (Å²) in [6.45, 7) is 3.10. The molecular weight excluding hydrogens is 272 g/mol. The topological polar surface area (TPSA) is 85.8 Å². The molecule has 0 atom stereocenters. The summed E-state index contributed by atoms with van der Waals surface area (Å²) in [4.78, 5) is 26.1. The third-order valence-electron chi connectivity index (χ3n) is 3.59. The number of morpholine rings is 1. The van der Waals surface area contributed by atoms with E-state index in [-0.39, 0.29) is 11.0 Å². The minimum atomic E-state index is -0.752. The maximum absolute atomic E-state index is 12.4. The van der Waals surface area contributed by atoms with Crippen LogP contribution in [0.2, 0.25) is 0 Å². The van der Waals surface area contributed by atoms with Crippen molar-refractivity contribution in [1.29, 1.82) is 0 Å². The Labute approximate surface area is 121 Å². The van der Waals surface area contributed by atoms with Crippen LogP contribution in [0.4, 0.5) is 0 Å². The Kier molecular flexibility index (Phi) is 3.72. The molecule has 3 rings (SSSR count). The first-order chi connectivity index (χ1) is 10.2. The number of fused-ring (bicyclic) bond motifs is 1. The largest absolute Gasteiger partial charge is 0.459 e. The van der Waals surface area contributed by atoms with E-state index in [1.807, 2.05) is 0 Å². The Balaban J connectivity index is 2.09. The first kappa shape index (κ1) is 13.8. The molecular formula is C15H16N2O4. The molecule has 1 aromatic heterocycles. The van der Waals surface area contributed by atoms with Crippen LogP contribution in [0.3, 0.4) is 0 Å². The van der Waals surface area contributed by atoms with Gasteiger partial charge in [0.25, 0.3) is 5.91 Å². The molecule has 1 aliphatic heterocycles. The van der Waals surface area contributed by atoms with Gasteiger partial charge in [0.15, 0.2) is 0 Å². The molecule has 0 aliphatic carbocycles. The van der Waals surface area contributed by atoms with Crippen LogP contribution >= 0.6 is 0 Å². The normalized spacial score (nSPS) is 16.2. The maximum Gasteiger partial charge on any atom is 0.256 e. The third kappa shape index (κ3) is 2.68. The summed E-state index contributed by atoms with van der Waals surface area (Å²) >= 11 is 0. The number of hydrogen-bond donors (Lipinski definition) is 1. The summed E-state index contributed by atoms with van der Waals surface area (Å²) in [5.74, 6) is -0.425. The van der Waals surface area contributed by atoms with Gasteiger partial charge in [0.1, 0.15) is 16.9 Å². The summed E-state index contributed by atoms with van der Waals surface area (Å²) in [6.07, 6.45) is 0. The predicted octanol–water partition coefficient (Wildman–Crippen LogP) is 0.724. The number of nitrogens with zero attached hydrogens (tertiary/aromatic N) is 1. The highest BCUT2D eigenvalue weighted by Gasteiger charge is 2.21. The lowest BCUT2D eigenvalue weighted by molar-refractivity contribution is 0.0312. The van der Waals surface area contributed by atoms with Crippen molar-refractivity contribution in [3.63, 3.8) is 0 Å². The van der Waals surface area contributed by atoms with E-state index in [1.165, 1.54) is 0 Å². The smallest absolute Gasteiger partial charge is 0.256 e. The van der Waals surface area contributed by atoms with E-state index in [1.54, 1.807) is 24.3 Å². The molecule has 0 bridgehead atoms. The predicted molar refractivity (Wildman–Crippen MR) is 77.1 cm³/mol. The number of carbonyl (C=O) groups is 1. The second kappa shape index (κ2) is 5.67. The average molecular weight is 288 g/mol. The van der Waals surface area contributed by atoms with E-state index in [9.17, 15) is 9.59 Å². The number of nitrogens with two attached hydrogens (primary N) is 1. The monoisotopic (exact) mass is 288 g/mol. The second-order valence-corrected chi connectivity index (χ2v) is 4.98. The van der Waals surface area contributed by atoms with Gasteiger partial charge in [-0.3, -0.25) is 14.5 Å². The molecule has 0 saturated carbocycles. The standard InChI is InChI=1S/C15H16N2O4/c16-15(19)13-12(9-17-5-7-20-8-6-17)21-11-4-2-1-3-10(11)14(13)18/h1-4H,5-9H2,(H2,16,19). The van der Waals surface area contributed by atoms with Gasteiger partial charge in [0.2, 0.25) is 5.43 Å². The highest BCUT2D eigenvalue weighted by molar-refractivity contribution is 5.96. The van der Waals surface area contributed by atoms with Gasteiger partial charge in [0.05, 0.1) is 25.1 Å². The van der Waals surface area contributed by atoms with E-state index in [0.717, 1.165) is 13.1 Å². The van der Waals surface area contributed by atoms with Gasteiger partial charge in [-0.1, -0.05) is 12.1 Å². The van der Waals surface area contributed by atoms with Gasteiger partial charge in [-0.25, -0.2) is 0 Å². The molecule has 1 aromatic carbocycles. The van der Waals surface area contributed by atoms with Crippen LogP contribution in [-0.2, 0) is 11.3 Å². The highest BCUT2D eigenvalue weighted by atomic mass is 16.5. The fraction of sp³-hybridized carbons (Fsp3) is 0.333. The average Bonchev–Trinajstić information content (AvgIpc) is 2.48. The van der Waals surface area contributed by atoms with E-state index >= 15 is 0 Å². The summed E-state index contributed by atoms with van der Waals surface area (Å²) in [7, 11) is 0. The van der Waals surface area contributed by atoms with Crippen molar-refractivity contribution in [1.82, 2.24) is 4.90 Å². The number of carbonyl (C=O) groups excluding carboxylic acids is 1. The number of hydrogen-bond acceptors (Lipinski definition) is 5. The van der Waals surface area contributed by atoms with E-state index in [4.69, 9.17) is 14.9 Å². The summed E-state index contributed by atoms with van der Waals surface area (Å²) in [6, 6.07) is 6.86. The highest BCUT2D eigenvalue weighted by Crippen LogP contribution is 2.17. The third-order valence-corrected chi connectivity index (χ3v) is 3.59. The Hall–Kier alpha value is -2.18. The number of benzene rings is 1. The minimum Gasteiger partial charge on any atom is -0.459 e. The van der Waals surface area contributed by atoms with Crippen LogP contribution in [0.5, 0.6) is 0 Å². The molecule has 2 heterocycles. The van der Waals surface area contributed by atoms with Crippen LogP contribution in [0, 0.1) is 0 Å². The van der Waals surface area contributed by atoms with Crippen molar-refractivity contribution in [2.75, 3.05) is 26.3 Å². The zero-order valence-corrected chi connectivity index (χ0v) is 11.5. The zero-order chi connectivity index (χ0) is 14.8. The zero-order valence-electron chi connectivity index (χ0n) is 11.5. The summed E-state index contributed by atoms with van der Waals surface area (Å²) < 4.78 is 11.0. The van der Waals surface area contributed by atoms with Crippen molar-refractivity contribution in [3.8, 4) is 0 Å². The first-order valence-electron chi connectivity index (χ1n) is 6.81. The molecule has 0 radical (unpaired) electrons. The minimum absolute atomic E-state index is 0.0554. The van der Waals surface area contributed by atoms with Gasteiger partial charge < -0.3 is 14.9 Å².